The lowest BCUT2D eigenvalue weighted by Crippen LogP contribution is -2.22. The molecule has 0 aliphatic carbocycles. The van der Waals surface area contributed by atoms with Gasteiger partial charge in [-0.15, -0.1) is 10.2 Å². The van der Waals surface area contributed by atoms with Crippen LogP contribution in [0.15, 0.2) is 29.4 Å². The number of hydrogen-bond acceptors (Lipinski definition) is 5. The summed E-state index contributed by atoms with van der Waals surface area (Å²) in [6.45, 7) is 3.63. The zero-order valence-electron chi connectivity index (χ0n) is 13.2. The Bertz CT molecular complexity index is 605. The van der Waals surface area contributed by atoms with Crippen LogP contribution in [0.5, 0.6) is 5.75 Å². The number of ether oxygens (including phenoxy) is 1. The summed E-state index contributed by atoms with van der Waals surface area (Å²) in [5.41, 5.74) is 1.06. The summed E-state index contributed by atoms with van der Waals surface area (Å²) in [5.74, 6) is 2.81. The van der Waals surface area contributed by atoms with Crippen molar-refractivity contribution in [3.05, 3.63) is 24.3 Å². The molecule has 22 heavy (non-hydrogen) atoms. The van der Waals surface area contributed by atoms with E-state index in [1.807, 2.05) is 31.3 Å². The van der Waals surface area contributed by atoms with Crippen molar-refractivity contribution >= 4 is 11.8 Å². The van der Waals surface area contributed by atoms with E-state index in [0.717, 1.165) is 34.6 Å². The van der Waals surface area contributed by atoms with Crippen molar-refractivity contribution in [2.75, 3.05) is 32.5 Å². The second kappa shape index (κ2) is 7.15. The first-order valence-electron chi connectivity index (χ1n) is 7.67. The normalized spacial score (nSPS) is 15.4. The molecule has 0 radical (unpaired) electrons. The fourth-order valence-electron chi connectivity index (χ4n) is 2.70. The third-order valence-electron chi connectivity index (χ3n) is 4.02. The summed E-state index contributed by atoms with van der Waals surface area (Å²) < 4.78 is 7.26. The van der Waals surface area contributed by atoms with Gasteiger partial charge in [-0.05, 0) is 50.2 Å². The van der Waals surface area contributed by atoms with E-state index in [1.165, 1.54) is 25.9 Å². The minimum absolute atomic E-state index is 0.853. The van der Waals surface area contributed by atoms with Gasteiger partial charge in [-0.25, -0.2) is 0 Å². The number of methoxy groups -OCH3 is 1. The molecule has 2 heterocycles. The summed E-state index contributed by atoms with van der Waals surface area (Å²) >= 11 is 1.78. The van der Waals surface area contributed by atoms with E-state index < -0.39 is 0 Å². The highest BCUT2D eigenvalue weighted by Gasteiger charge is 2.14. The maximum Gasteiger partial charge on any atom is 0.191 e. The van der Waals surface area contributed by atoms with Crippen molar-refractivity contribution in [2.24, 2.45) is 7.05 Å². The van der Waals surface area contributed by atoms with Gasteiger partial charge in [0.2, 0.25) is 0 Å². The van der Waals surface area contributed by atoms with Gasteiger partial charge in [-0.2, -0.15) is 0 Å². The highest BCUT2D eigenvalue weighted by Crippen LogP contribution is 2.24. The first kappa shape index (κ1) is 15.4. The first-order chi connectivity index (χ1) is 10.8. The molecule has 0 amide bonds. The van der Waals surface area contributed by atoms with Gasteiger partial charge in [-0.1, -0.05) is 11.8 Å². The molecule has 0 saturated carbocycles. The van der Waals surface area contributed by atoms with Gasteiger partial charge >= 0.3 is 0 Å². The quantitative estimate of drug-likeness (QED) is 0.766. The molecule has 1 aromatic carbocycles. The summed E-state index contributed by atoms with van der Waals surface area (Å²) in [4.78, 5) is 2.52. The Labute approximate surface area is 135 Å². The lowest BCUT2D eigenvalue weighted by molar-refractivity contribution is 0.362. The second-order valence-corrected chi connectivity index (χ2v) is 6.55. The topological polar surface area (TPSA) is 43.2 Å². The molecular formula is C16H22N4OS. The summed E-state index contributed by atoms with van der Waals surface area (Å²) in [7, 11) is 3.70. The van der Waals surface area contributed by atoms with Gasteiger partial charge in [0.05, 0.1) is 7.11 Å². The predicted molar refractivity (Wildman–Crippen MR) is 89.4 cm³/mol. The molecule has 5 nitrogen and oxygen atoms in total. The molecule has 1 saturated heterocycles. The van der Waals surface area contributed by atoms with Crippen LogP contribution in [-0.2, 0) is 7.05 Å². The Morgan fingerprint density at radius 3 is 2.55 bits per heavy atom. The smallest absolute Gasteiger partial charge is 0.191 e. The van der Waals surface area contributed by atoms with E-state index in [4.69, 9.17) is 4.74 Å². The maximum absolute atomic E-state index is 5.19. The lowest BCUT2D eigenvalue weighted by atomic mass is 10.2. The van der Waals surface area contributed by atoms with Gasteiger partial charge in [-0.3, -0.25) is 0 Å². The molecule has 1 aromatic heterocycles. The SMILES string of the molecule is COc1ccc(-c2nnc(SCCN3CCCC3)n2C)cc1. The Kier molecular flexibility index (Phi) is 5.00. The molecule has 1 aliphatic rings. The first-order valence-corrected chi connectivity index (χ1v) is 8.65. The van der Waals surface area contributed by atoms with Gasteiger partial charge in [0.1, 0.15) is 5.75 Å². The number of hydrogen-bond donors (Lipinski definition) is 0. The van der Waals surface area contributed by atoms with Crippen LogP contribution in [0.25, 0.3) is 11.4 Å². The Hall–Kier alpha value is -1.53. The lowest BCUT2D eigenvalue weighted by Gasteiger charge is -2.13. The van der Waals surface area contributed by atoms with E-state index in [0.29, 0.717) is 0 Å². The molecule has 1 fully saturated rings. The molecule has 2 aromatic rings. The van der Waals surface area contributed by atoms with E-state index in [9.17, 15) is 0 Å². The van der Waals surface area contributed by atoms with E-state index in [2.05, 4.69) is 19.7 Å². The molecule has 3 rings (SSSR count). The van der Waals surface area contributed by atoms with Gasteiger partial charge < -0.3 is 14.2 Å². The van der Waals surface area contributed by atoms with Gasteiger partial charge in [0.25, 0.3) is 0 Å². The number of benzene rings is 1. The van der Waals surface area contributed by atoms with E-state index >= 15 is 0 Å². The van der Waals surface area contributed by atoms with Gasteiger partial charge in [0, 0.05) is 24.9 Å². The molecule has 6 heteroatoms. The van der Waals surface area contributed by atoms with Crippen LogP contribution in [0.2, 0.25) is 0 Å². The third kappa shape index (κ3) is 3.44. The molecule has 0 atom stereocenters. The number of likely N-dealkylation sites (tertiary alicyclic amines) is 1. The summed E-state index contributed by atoms with van der Waals surface area (Å²) in [6, 6.07) is 7.93. The van der Waals surface area contributed by atoms with E-state index in [1.54, 1.807) is 18.9 Å². The van der Waals surface area contributed by atoms with Crippen molar-refractivity contribution in [3.63, 3.8) is 0 Å². The summed E-state index contributed by atoms with van der Waals surface area (Å²) in [5, 5.41) is 9.63. The minimum atomic E-state index is 0.853. The number of nitrogens with zero attached hydrogens (tertiary/aromatic N) is 4. The standard InChI is InChI=1S/C16H22N4OS/c1-19-15(13-5-7-14(21-2)8-6-13)17-18-16(19)22-12-11-20-9-3-4-10-20/h5-8H,3-4,9-12H2,1-2H3. The van der Waals surface area contributed by atoms with E-state index in [-0.39, 0.29) is 0 Å². The van der Waals surface area contributed by atoms with Crippen LogP contribution in [0.4, 0.5) is 0 Å². The highest BCUT2D eigenvalue weighted by molar-refractivity contribution is 7.99. The van der Waals surface area contributed by atoms with Crippen LogP contribution < -0.4 is 4.74 Å². The largest absolute Gasteiger partial charge is 0.497 e. The van der Waals surface area contributed by atoms with Crippen molar-refractivity contribution in [3.8, 4) is 17.1 Å². The average Bonchev–Trinajstić information content (AvgIpc) is 3.18. The zero-order valence-corrected chi connectivity index (χ0v) is 14.0. The molecule has 0 N–H and O–H groups in total. The predicted octanol–water partition coefficient (Wildman–Crippen LogP) is 2.68. The average molecular weight is 318 g/mol. The van der Waals surface area contributed by atoms with Crippen LogP contribution in [-0.4, -0.2) is 52.2 Å². The molecule has 0 spiro atoms. The maximum atomic E-state index is 5.19. The third-order valence-corrected chi connectivity index (χ3v) is 5.02. The molecule has 0 unspecified atom stereocenters. The molecule has 1 aliphatic heterocycles. The minimum Gasteiger partial charge on any atom is -0.497 e. The fraction of sp³-hybridized carbons (Fsp3) is 0.500. The monoisotopic (exact) mass is 318 g/mol. The molecule has 0 bridgehead atoms. The fourth-order valence-corrected chi connectivity index (χ4v) is 3.62. The van der Waals surface area contributed by atoms with Crippen molar-refractivity contribution in [1.82, 2.24) is 19.7 Å². The van der Waals surface area contributed by atoms with Crippen molar-refractivity contribution < 1.29 is 4.74 Å². The van der Waals surface area contributed by atoms with Crippen LogP contribution >= 0.6 is 11.8 Å². The Morgan fingerprint density at radius 1 is 1.14 bits per heavy atom. The second-order valence-electron chi connectivity index (χ2n) is 5.49. The number of thioether (sulfide) groups is 1. The molecule has 118 valence electrons. The number of aromatic nitrogens is 3. The van der Waals surface area contributed by atoms with Crippen LogP contribution in [0, 0.1) is 0 Å². The molecular weight excluding hydrogens is 296 g/mol. The Morgan fingerprint density at radius 2 is 1.86 bits per heavy atom. The van der Waals surface area contributed by atoms with Crippen LogP contribution in [0.1, 0.15) is 12.8 Å². The van der Waals surface area contributed by atoms with Crippen molar-refractivity contribution in [2.45, 2.75) is 18.0 Å². The zero-order chi connectivity index (χ0) is 15.4. The number of rotatable bonds is 6. The Balaban J connectivity index is 1.63. The summed E-state index contributed by atoms with van der Waals surface area (Å²) in [6.07, 6.45) is 2.69. The van der Waals surface area contributed by atoms with Crippen molar-refractivity contribution in [1.29, 1.82) is 0 Å². The van der Waals surface area contributed by atoms with Gasteiger partial charge in [0.15, 0.2) is 11.0 Å². The van der Waals surface area contributed by atoms with Crippen LogP contribution in [0.3, 0.4) is 0 Å². The highest BCUT2D eigenvalue weighted by atomic mass is 32.2.